The molecule has 2 amide bonds. The van der Waals surface area contributed by atoms with Crippen molar-refractivity contribution in [2.75, 3.05) is 33.4 Å². The van der Waals surface area contributed by atoms with E-state index in [4.69, 9.17) is 4.74 Å². The Balaban J connectivity index is 1.43. The van der Waals surface area contributed by atoms with Crippen molar-refractivity contribution in [2.24, 2.45) is 13.0 Å². The third-order valence-corrected chi connectivity index (χ3v) is 9.24. The van der Waals surface area contributed by atoms with Crippen LogP contribution in [0.4, 0.5) is 0 Å². The number of methoxy groups -OCH3 is 1. The van der Waals surface area contributed by atoms with E-state index in [1.165, 1.54) is 5.56 Å². The fourth-order valence-corrected chi connectivity index (χ4v) is 7.22. The van der Waals surface area contributed by atoms with E-state index in [0.29, 0.717) is 25.2 Å². The molecular formula is C30H36N4O4. The normalized spacial score (nSPS) is 21.2. The SMILES string of the molecule is COc1ccc2c3c(n(C)c2c1)[C@@H](CO)N(C(=O)C1CCCC1)CC31CCN(C(=O)c2ccncc2)CC1. The van der Waals surface area contributed by atoms with Crippen LogP contribution in [0.5, 0.6) is 5.75 Å². The Hall–Kier alpha value is -3.39. The van der Waals surface area contributed by atoms with Crippen LogP contribution >= 0.6 is 0 Å². The number of aliphatic hydroxyl groups is 1. The first-order valence-corrected chi connectivity index (χ1v) is 13.7. The van der Waals surface area contributed by atoms with Gasteiger partial charge in [-0.25, -0.2) is 0 Å². The first-order chi connectivity index (χ1) is 18.5. The highest BCUT2D eigenvalue weighted by Gasteiger charge is 2.50. The molecule has 0 unspecified atom stereocenters. The topological polar surface area (TPSA) is 87.9 Å². The van der Waals surface area contributed by atoms with Gasteiger partial charge in [-0.1, -0.05) is 12.8 Å². The van der Waals surface area contributed by atoms with Gasteiger partial charge in [0.1, 0.15) is 5.75 Å². The molecule has 4 heterocycles. The summed E-state index contributed by atoms with van der Waals surface area (Å²) in [5.74, 6) is 1.00. The average molecular weight is 517 g/mol. The first-order valence-electron chi connectivity index (χ1n) is 13.7. The van der Waals surface area contributed by atoms with Crippen molar-refractivity contribution >= 4 is 22.7 Å². The minimum absolute atomic E-state index is 0.0214. The van der Waals surface area contributed by atoms with Crippen molar-refractivity contribution < 1.29 is 19.4 Å². The summed E-state index contributed by atoms with van der Waals surface area (Å²) >= 11 is 0. The maximum atomic E-state index is 13.9. The van der Waals surface area contributed by atoms with Crippen LogP contribution in [0.3, 0.4) is 0 Å². The number of likely N-dealkylation sites (tertiary alicyclic amines) is 1. The maximum Gasteiger partial charge on any atom is 0.253 e. The van der Waals surface area contributed by atoms with Crippen molar-refractivity contribution in [3.05, 3.63) is 59.5 Å². The van der Waals surface area contributed by atoms with Crippen LogP contribution in [0.1, 0.15) is 66.2 Å². The summed E-state index contributed by atoms with van der Waals surface area (Å²) in [5, 5.41) is 11.8. The first kappa shape index (κ1) is 24.9. The second kappa shape index (κ2) is 9.73. The standard InChI is InChI=1S/C30H36N4O4/c1-32-24-17-22(38-2)7-8-23(24)26-27(32)25(18-35)34(29(37)20-5-3-4-6-20)19-30(26)11-15-33(16-12-30)28(36)21-9-13-31-14-10-21/h7-10,13-14,17,20,25,35H,3-6,11-12,15-16,18-19H2,1-2H3/t25-/m1/s1. The van der Waals surface area contributed by atoms with Crippen LogP contribution in [-0.4, -0.2) is 69.6 Å². The monoisotopic (exact) mass is 516 g/mol. The predicted octanol–water partition coefficient (Wildman–Crippen LogP) is 3.82. The number of nitrogens with zero attached hydrogens (tertiary/aromatic N) is 4. The number of carbonyl (C=O) groups excluding carboxylic acids is 2. The van der Waals surface area contributed by atoms with Crippen molar-refractivity contribution in [1.82, 2.24) is 19.4 Å². The second-order valence-corrected chi connectivity index (χ2v) is 11.2. The van der Waals surface area contributed by atoms with E-state index in [0.717, 1.165) is 60.9 Å². The number of piperidine rings is 1. The van der Waals surface area contributed by atoms with Gasteiger partial charge >= 0.3 is 0 Å². The Bertz CT molecular complexity index is 1350. The van der Waals surface area contributed by atoms with Gasteiger partial charge in [-0.3, -0.25) is 14.6 Å². The van der Waals surface area contributed by atoms with E-state index in [1.54, 1.807) is 31.6 Å². The number of rotatable bonds is 4. The average Bonchev–Trinajstić information content (AvgIpc) is 3.61. The Labute approximate surface area is 223 Å². The van der Waals surface area contributed by atoms with Gasteiger partial charge in [0.15, 0.2) is 0 Å². The predicted molar refractivity (Wildman–Crippen MR) is 144 cm³/mol. The van der Waals surface area contributed by atoms with Gasteiger partial charge in [0.25, 0.3) is 5.91 Å². The molecule has 1 aliphatic carbocycles. The van der Waals surface area contributed by atoms with E-state index in [1.807, 2.05) is 29.0 Å². The van der Waals surface area contributed by atoms with Crippen molar-refractivity contribution in [1.29, 1.82) is 0 Å². The zero-order valence-corrected chi connectivity index (χ0v) is 22.2. The molecule has 2 aromatic heterocycles. The molecule has 3 aliphatic rings. The number of aliphatic hydroxyl groups excluding tert-OH is 1. The van der Waals surface area contributed by atoms with E-state index < -0.39 is 0 Å². The lowest BCUT2D eigenvalue weighted by Gasteiger charge is -2.51. The Morgan fingerprint density at radius 1 is 1.11 bits per heavy atom. The minimum Gasteiger partial charge on any atom is -0.497 e. The van der Waals surface area contributed by atoms with Gasteiger partial charge in [0.05, 0.1) is 25.3 Å². The highest BCUT2D eigenvalue weighted by Crippen LogP contribution is 2.51. The van der Waals surface area contributed by atoms with Crippen LogP contribution < -0.4 is 4.74 Å². The van der Waals surface area contributed by atoms with Crippen molar-refractivity contribution in [3.8, 4) is 5.75 Å². The van der Waals surface area contributed by atoms with E-state index in [2.05, 4.69) is 15.6 Å². The molecule has 1 saturated heterocycles. The molecule has 38 heavy (non-hydrogen) atoms. The summed E-state index contributed by atoms with van der Waals surface area (Å²) in [6, 6.07) is 9.29. The summed E-state index contributed by atoms with van der Waals surface area (Å²) in [4.78, 5) is 35.1. The summed E-state index contributed by atoms with van der Waals surface area (Å²) in [6.07, 6.45) is 8.84. The third kappa shape index (κ3) is 3.88. The maximum absolute atomic E-state index is 13.9. The number of pyridine rings is 1. The number of carbonyl (C=O) groups is 2. The number of ether oxygens (including phenoxy) is 1. The lowest BCUT2D eigenvalue weighted by Crippen LogP contribution is -2.56. The van der Waals surface area contributed by atoms with Crippen molar-refractivity contribution in [2.45, 2.75) is 50.0 Å². The van der Waals surface area contributed by atoms with Crippen LogP contribution in [-0.2, 0) is 17.3 Å². The highest BCUT2D eigenvalue weighted by atomic mass is 16.5. The number of fused-ring (bicyclic) bond motifs is 4. The Morgan fingerprint density at radius 3 is 2.47 bits per heavy atom. The van der Waals surface area contributed by atoms with Gasteiger partial charge in [0.2, 0.25) is 5.91 Å². The Morgan fingerprint density at radius 2 is 1.82 bits per heavy atom. The van der Waals surface area contributed by atoms with E-state index >= 15 is 0 Å². The molecule has 1 saturated carbocycles. The highest BCUT2D eigenvalue weighted by molar-refractivity contribution is 5.94. The summed E-state index contributed by atoms with van der Waals surface area (Å²) in [5.41, 5.74) is 3.64. The van der Waals surface area contributed by atoms with Gasteiger partial charge in [-0.2, -0.15) is 0 Å². The van der Waals surface area contributed by atoms with E-state index in [9.17, 15) is 14.7 Å². The molecule has 0 radical (unpaired) electrons. The molecule has 3 aromatic rings. The zero-order valence-electron chi connectivity index (χ0n) is 22.2. The molecule has 8 heteroatoms. The van der Waals surface area contributed by atoms with Crippen LogP contribution in [0.2, 0.25) is 0 Å². The molecule has 1 atom stereocenters. The van der Waals surface area contributed by atoms with Crippen LogP contribution in [0, 0.1) is 5.92 Å². The van der Waals surface area contributed by atoms with Gasteiger partial charge in [-0.05, 0) is 55.5 Å². The second-order valence-electron chi connectivity index (χ2n) is 11.2. The van der Waals surface area contributed by atoms with Gasteiger partial charge in [0, 0.05) is 73.1 Å². The molecule has 1 aromatic carbocycles. The van der Waals surface area contributed by atoms with Crippen LogP contribution in [0.15, 0.2) is 42.7 Å². The largest absolute Gasteiger partial charge is 0.497 e. The van der Waals surface area contributed by atoms with E-state index in [-0.39, 0.29) is 35.8 Å². The lowest BCUT2D eigenvalue weighted by atomic mass is 9.68. The summed E-state index contributed by atoms with van der Waals surface area (Å²) < 4.78 is 7.68. The molecule has 2 fully saturated rings. The molecule has 200 valence electrons. The fourth-order valence-electron chi connectivity index (χ4n) is 7.22. The molecule has 6 rings (SSSR count). The number of aromatic nitrogens is 2. The number of amides is 2. The lowest BCUT2D eigenvalue weighted by molar-refractivity contribution is -0.141. The fraction of sp³-hybridized carbons (Fsp3) is 0.500. The molecule has 2 aliphatic heterocycles. The van der Waals surface area contributed by atoms with Gasteiger partial charge in [-0.15, -0.1) is 0 Å². The summed E-state index contributed by atoms with van der Waals surface area (Å²) in [7, 11) is 3.70. The molecular weight excluding hydrogens is 480 g/mol. The van der Waals surface area contributed by atoms with Gasteiger partial charge < -0.3 is 24.2 Å². The Kier molecular flexibility index (Phi) is 6.38. The number of hydrogen-bond acceptors (Lipinski definition) is 5. The molecule has 1 spiro atoms. The molecule has 0 bridgehead atoms. The smallest absolute Gasteiger partial charge is 0.253 e. The van der Waals surface area contributed by atoms with Crippen molar-refractivity contribution in [3.63, 3.8) is 0 Å². The molecule has 1 N–H and O–H groups in total. The number of benzene rings is 1. The quantitative estimate of drug-likeness (QED) is 0.570. The zero-order chi connectivity index (χ0) is 26.4. The van der Waals surface area contributed by atoms with Crippen LogP contribution in [0.25, 0.3) is 10.9 Å². The molecule has 8 nitrogen and oxygen atoms in total. The number of aryl methyl sites for hydroxylation is 1. The summed E-state index contributed by atoms with van der Waals surface area (Å²) in [6.45, 7) is 1.68. The minimum atomic E-state index is -0.386. The third-order valence-electron chi connectivity index (χ3n) is 9.24. The number of hydrogen-bond donors (Lipinski definition) is 1.